The third-order valence-electron chi connectivity index (χ3n) is 2.72. The number of carbonyl (C=O) groups is 1. The second-order valence-electron chi connectivity index (χ2n) is 4.57. The number of sulfonamides is 1. The van der Waals surface area contributed by atoms with E-state index in [2.05, 4.69) is 4.72 Å². The molecule has 0 radical (unpaired) electrons. The average Bonchev–Trinajstić information content (AvgIpc) is 2.36. The van der Waals surface area contributed by atoms with Crippen molar-refractivity contribution in [1.29, 1.82) is 0 Å². The normalized spacial score (nSPS) is 13.1. The van der Waals surface area contributed by atoms with E-state index >= 15 is 0 Å². The molecule has 0 fully saturated rings. The summed E-state index contributed by atoms with van der Waals surface area (Å²) in [7, 11) is -3.58. The molecule has 0 saturated heterocycles. The predicted molar refractivity (Wildman–Crippen MR) is 73.9 cm³/mol. The van der Waals surface area contributed by atoms with Gasteiger partial charge in [-0.3, -0.25) is 4.79 Å². The number of aryl methyl sites for hydroxylation is 1. The second-order valence-corrected chi connectivity index (χ2v) is 6.34. The topological polar surface area (TPSA) is 104 Å². The number of benzene rings is 1. The van der Waals surface area contributed by atoms with Crippen LogP contribution in [0.4, 0.5) is 0 Å². The van der Waals surface area contributed by atoms with Crippen molar-refractivity contribution in [2.24, 2.45) is 0 Å². The molecule has 0 amide bonds. The highest BCUT2D eigenvalue weighted by atomic mass is 32.2. The maximum absolute atomic E-state index is 11.9. The first-order chi connectivity index (χ1) is 9.31. The molecule has 1 atom stereocenters. The molecular weight excluding hydrogens is 282 g/mol. The predicted octanol–water partition coefficient (Wildman–Crippen LogP) is 0.753. The fourth-order valence-corrected chi connectivity index (χ4v) is 2.62. The summed E-state index contributed by atoms with van der Waals surface area (Å²) in [4.78, 5) is 10.6. The van der Waals surface area contributed by atoms with Gasteiger partial charge in [0.05, 0.1) is 11.0 Å². The minimum atomic E-state index is -3.58. The lowest BCUT2D eigenvalue weighted by molar-refractivity contribution is -0.136. The van der Waals surface area contributed by atoms with Crippen molar-refractivity contribution >= 4 is 16.0 Å². The van der Waals surface area contributed by atoms with Crippen LogP contribution in [-0.2, 0) is 21.2 Å². The molecular formula is C13H19NO5S. The van der Waals surface area contributed by atoms with Crippen LogP contribution in [-0.4, -0.2) is 37.2 Å². The number of rotatable bonds is 8. The van der Waals surface area contributed by atoms with Gasteiger partial charge in [0.15, 0.2) is 0 Å². The number of hydrogen-bond donors (Lipinski definition) is 3. The van der Waals surface area contributed by atoms with Crippen molar-refractivity contribution in [3.05, 3.63) is 29.8 Å². The Bertz CT molecular complexity index is 536. The molecule has 1 rings (SSSR count). The summed E-state index contributed by atoms with van der Waals surface area (Å²) < 4.78 is 26.2. The molecule has 1 aromatic carbocycles. The summed E-state index contributed by atoms with van der Waals surface area (Å²) in [6, 6.07) is 6.10. The van der Waals surface area contributed by atoms with E-state index in [0.717, 1.165) is 5.56 Å². The molecule has 112 valence electrons. The van der Waals surface area contributed by atoms with Gasteiger partial charge in [-0.05, 0) is 37.5 Å². The van der Waals surface area contributed by atoms with Crippen LogP contribution in [0, 0.1) is 0 Å². The lowest BCUT2D eigenvalue weighted by Crippen LogP contribution is -2.26. The summed E-state index contributed by atoms with van der Waals surface area (Å²) >= 11 is 0. The van der Waals surface area contributed by atoms with E-state index in [-0.39, 0.29) is 17.9 Å². The number of aliphatic hydroxyl groups is 1. The fourth-order valence-electron chi connectivity index (χ4n) is 1.57. The van der Waals surface area contributed by atoms with Gasteiger partial charge in [0, 0.05) is 13.0 Å². The SMILES string of the molecule is CC(O)CCNS(=O)(=O)c1ccc(CCC(=O)O)cc1. The van der Waals surface area contributed by atoms with Crippen LogP contribution < -0.4 is 4.72 Å². The molecule has 0 spiro atoms. The molecule has 0 aliphatic heterocycles. The van der Waals surface area contributed by atoms with Gasteiger partial charge >= 0.3 is 5.97 Å². The van der Waals surface area contributed by atoms with Gasteiger partial charge in [-0.2, -0.15) is 0 Å². The largest absolute Gasteiger partial charge is 0.481 e. The van der Waals surface area contributed by atoms with Crippen molar-refractivity contribution in [2.75, 3.05) is 6.54 Å². The Morgan fingerprint density at radius 1 is 1.30 bits per heavy atom. The lowest BCUT2D eigenvalue weighted by atomic mass is 10.1. The third kappa shape index (κ3) is 5.68. The first-order valence-corrected chi connectivity index (χ1v) is 7.78. The molecule has 1 unspecified atom stereocenters. The highest BCUT2D eigenvalue weighted by Gasteiger charge is 2.13. The van der Waals surface area contributed by atoms with Gasteiger partial charge in [0.2, 0.25) is 10.0 Å². The highest BCUT2D eigenvalue weighted by molar-refractivity contribution is 7.89. The molecule has 0 heterocycles. The Labute approximate surface area is 118 Å². The van der Waals surface area contributed by atoms with Gasteiger partial charge < -0.3 is 10.2 Å². The number of hydrogen-bond acceptors (Lipinski definition) is 4. The minimum absolute atomic E-state index is 0.0126. The number of carboxylic acids is 1. The molecule has 0 aliphatic rings. The average molecular weight is 301 g/mol. The molecule has 0 saturated carbocycles. The minimum Gasteiger partial charge on any atom is -0.481 e. The molecule has 0 aliphatic carbocycles. The zero-order valence-corrected chi connectivity index (χ0v) is 12.1. The summed E-state index contributed by atoms with van der Waals surface area (Å²) in [6.45, 7) is 1.76. The van der Waals surface area contributed by atoms with Crippen LogP contribution >= 0.6 is 0 Å². The maximum Gasteiger partial charge on any atom is 0.303 e. The lowest BCUT2D eigenvalue weighted by Gasteiger charge is -2.08. The first-order valence-electron chi connectivity index (χ1n) is 6.30. The Hall–Kier alpha value is -1.44. The zero-order chi connectivity index (χ0) is 15.2. The van der Waals surface area contributed by atoms with Gasteiger partial charge in [0.1, 0.15) is 0 Å². The fraction of sp³-hybridized carbons (Fsp3) is 0.462. The van der Waals surface area contributed by atoms with Gasteiger partial charge in [-0.15, -0.1) is 0 Å². The van der Waals surface area contributed by atoms with E-state index in [1.165, 1.54) is 12.1 Å². The van der Waals surface area contributed by atoms with E-state index < -0.39 is 22.1 Å². The Morgan fingerprint density at radius 3 is 2.40 bits per heavy atom. The number of aliphatic hydroxyl groups excluding tert-OH is 1. The Morgan fingerprint density at radius 2 is 1.90 bits per heavy atom. The van der Waals surface area contributed by atoms with Crippen molar-refractivity contribution in [3.63, 3.8) is 0 Å². The van der Waals surface area contributed by atoms with Crippen molar-refractivity contribution in [3.8, 4) is 0 Å². The maximum atomic E-state index is 11.9. The van der Waals surface area contributed by atoms with Gasteiger partial charge in [-0.25, -0.2) is 13.1 Å². The summed E-state index contributed by atoms with van der Waals surface area (Å²) in [5, 5.41) is 17.7. The molecule has 0 aromatic heterocycles. The van der Waals surface area contributed by atoms with E-state index in [0.29, 0.717) is 12.8 Å². The number of aliphatic carboxylic acids is 1. The van der Waals surface area contributed by atoms with Crippen LogP contribution in [0.1, 0.15) is 25.3 Å². The summed E-state index contributed by atoms with van der Waals surface area (Å²) in [5.41, 5.74) is 0.773. The summed E-state index contributed by atoms with van der Waals surface area (Å²) in [5.74, 6) is -0.888. The molecule has 3 N–H and O–H groups in total. The van der Waals surface area contributed by atoms with Crippen LogP contribution in [0.5, 0.6) is 0 Å². The molecule has 0 bridgehead atoms. The molecule has 7 heteroatoms. The molecule has 6 nitrogen and oxygen atoms in total. The van der Waals surface area contributed by atoms with Gasteiger partial charge in [-0.1, -0.05) is 12.1 Å². The zero-order valence-electron chi connectivity index (χ0n) is 11.2. The Balaban J connectivity index is 2.64. The van der Waals surface area contributed by atoms with E-state index in [1.807, 2.05) is 0 Å². The first kappa shape index (κ1) is 16.6. The highest BCUT2D eigenvalue weighted by Crippen LogP contribution is 2.12. The van der Waals surface area contributed by atoms with Crippen LogP contribution in [0.15, 0.2) is 29.2 Å². The smallest absolute Gasteiger partial charge is 0.303 e. The second kappa shape index (κ2) is 7.37. The number of nitrogens with one attached hydrogen (secondary N) is 1. The van der Waals surface area contributed by atoms with Crippen LogP contribution in [0.2, 0.25) is 0 Å². The van der Waals surface area contributed by atoms with Crippen molar-refractivity contribution < 1.29 is 23.4 Å². The van der Waals surface area contributed by atoms with Crippen molar-refractivity contribution in [2.45, 2.75) is 37.2 Å². The van der Waals surface area contributed by atoms with Crippen molar-refractivity contribution in [1.82, 2.24) is 4.72 Å². The Kier molecular flexibility index (Phi) is 6.12. The van der Waals surface area contributed by atoms with E-state index in [4.69, 9.17) is 10.2 Å². The van der Waals surface area contributed by atoms with Crippen LogP contribution in [0.25, 0.3) is 0 Å². The van der Waals surface area contributed by atoms with Crippen LogP contribution in [0.3, 0.4) is 0 Å². The molecule has 1 aromatic rings. The third-order valence-corrected chi connectivity index (χ3v) is 4.19. The summed E-state index contributed by atoms with van der Waals surface area (Å²) in [6.07, 6.45) is 0.163. The van der Waals surface area contributed by atoms with Gasteiger partial charge in [0.25, 0.3) is 0 Å². The quantitative estimate of drug-likeness (QED) is 0.657. The molecule has 20 heavy (non-hydrogen) atoms. The van der Waals surface area contributed by atoms with E-state index in [9.17, 15) is 13.2 Å². The standard InChI is InChI=1S/C13H19NO5S/c1-10(15)8-9-14-20(18,19)12-5-2-11(3-6-12)4-7-13(16)17/h2-3,5-6,10,14-15H,4,7-9H2,1H3,(H,16,17). The monoisotopic (exact) mass is 301 g/mol. The van der Waals surface area contributed by atoms with E-state index in [1.54, 1.807) is 19.1 Å². The number of carboxylic acid groups (broad SMARTS) is 1.